The van der Waals surface area contributed by atoms with E-state index in [0.717, 1.165) is 29.7 Å². The first-order valence-electron chi connectivity index (χ1n) is 9.20. The molecule has 1 saturated heterocycles. The van der Waals surface area contributed by atoms with Crippen molar-refractivity contribution in [2.24, 2.45) is 5.10 Å². The lowest BCUT2D eigenvalue weighted by Crippen LogP contribution is -2.41. The summed E-state index contributed by atoms with van der Waals surface area (Å²) >= 11 is 0. The summed E-state index contributed by atoms with van der Waals surface area (Å²) in [7, 11) is 0. The van der Waals surface area contributed by atoms with Gasteiger partial charge in [0.05, 0.1) is 12.3 Å². The van der Waals surface area contributed by atoms with Gasteiger partial charge < -0.3 is 14.8 Å². The van der Waals surface area contributed by atoms with Crippen LogP contribution in [0.15, 0.2) is 59.7 Å². The molecule has 2 amide bonds. The van der Waals surface area contributed by atoms with Crippen molar-refractivity contribution in [2.45, 2.75) is 25.6 Å². The molecule has 0 saturated carbocycles. The van der Waals surface area contributed by atoms with Gasteiger partial charge in [-0.25, -0.2) is 5.43 Å². The normalized spacial score (nSPS) is 16.1. The van der Waals surface area contributed by atoms with Crippen LogP contribution >= 0.6 is 0 Å². The fraction of sp³-hybridized carbons (Fsp3) is 0.286. The maximum atomic E-state index is 11.7. The molecule has 1 fully saturated rings. The SMILES string of the molecule is O=C(NC[C@@H]1CCCO1)C(=O)N/N=C\c1ccc(OCc2ccccc2)cc1. The van der Waals surface area contributed by atoms with E-state index in [9.17, 15) is 9.59 Å². The Balaban J connectivity index is 1.39. The molecule has 7 heteroatoms. The molecule has 3 rings (SSSR count). The van der Waals surface area contributed by atoms with Crippen molar-refractivity contribution in [3.63, 3.8) is 0 Å². The smallest absolute Gasteiger partial charge is 0.329 e. The van der Waals surface area contributed by atoms with Crippen molar-refractivity contribution in [3.05, 3.63) is 65.7 Å². The van der Waals surface area contributed by atoms with Crippen LogP contribution in [0.25, 0.3) is 0 Å². The molecule has 0 aromatic heterocycles. The molecule has 1 aliphatic heterocycles. The quantitative estimate of drug-likeness (QED) is 0.436. The fourth-order valence-electron chi connectivity index (χ4n) is 2.70. The summed E-state index contributed by atoms with van der Waals surface area (Å²) in [6.45, 7) is 1.53. The minimum atomic E-state index is -0.808. The Morgan fingerprint density at radius 1 is 1.11 bits per heavy atom. The van der Waals surface area contributed by atoms with Gasteiger partial charge in [0.25, 0.3) is 0 Å². The Kier molecular flexibility index (Phi) is 7.14. The van der Waals surface area contributed by atoms with Crippen LogP contribution in [-0.4, -0.2) is 37.3 Å². The average molecular weight is 381 g/mol. The second kappa shape index (κ2) is 10.2. The van der Waals surface area contributed by atoms with Gasteiger partial charge in [0.1, 0.15) is 12.4 Å². The van der Waals surface area contributed by atoms with E-state index in [1.807, 2.05) is 54.6 Å². The highest BCUT2D eigenvalue weighted by atomic mass is 16.5. The van der Waals surface area contributed by atoms with Gasteiger partial charge in [-0.2, -0.15) is 5.10 Å². The number of rotatable bonds is 7. The Labute approximate surface area is 163 Å². The summed E-state index contributed by atoms with van der Waals surface area (Å²) < 4.78 is 11.1. The first-order chi connectivity index (χ1) is 13.7. The number of amides is 2. The molecule has 1 atom stereocenters. The molecule has 0 unspecified atom stereocenters. The van der Waals surface area contributed by atoms with Crippen LogP contribution in [0.4, 0.5) is 0 Å². The summed E-state index contributed by atoms with van der Waals surface area (Å²) in [5.74, 6) is -0.798. The molecule has 2 aromatic rings. The van der Waals surface area contributed by atoms with E-state index in [1.54, 1.807) is 0 Å². The monoisotopic (exact) mass is 381 g/mol. The molecule has 28 heavy (non-hydrogen) atoms. The third-order valence-corrected chi connectivity index (χ3v) is 4.23. The van der Waals surface area contributed by atoms with Gasteiger partial charge in [-0.1, -0.05) is 30.3 Å². The van der Waals surface area contributed by atoms with Crippen LogP contribution in [0.3, 0.4) is 0 Å². The summed E-state index contributed by atoms with van der Waals surface area (Å²) in [6, 6.07) is 17.2. The van der Waals surface area contributed by atoms with Crippen molar-refractivity contribution >= 4 is 18.0 Å². The van der Waals surface area contributed by atoms with E-state index in [-0.39, 0.29) is 6.10 Å². The van der Waals surface area contributed by atoms with E-state index in [1.165, 1.54) is 6.21 Å². The highest BCUT2D eigenvalue weighted by Gasteiger charge is 2.18. The molecule has 2 N–H and O–H groups in total. The molecule has 0 radical (unpaired) electrons. The van der Waals surface area contributed by atoms with Gasteiger partial charge in [0, 0.05) is 13.2 Å². The molecule has 0 bridgehead atoms. The van der Waals surface area contributed by atoms with E-state index in [0.29, 0.717) is 19.8 Å². The highest BCUT2D eigenvalue weighted by molar-refractivity contribution is 6.35. The Hall–Kier alpha value is -3.19. The van der Waals surface area contributed by atoms with Gasteiger partial charge in [-0.15, -0.1) is 0 Å². The minimum Gasteiger partial charge on any atom is -0.489 e. The number of hydrogen-bond acceptors (Lipinski definition) is 5. The summed E-state index contributed by atoms with van der Waals surface area (Å²) in [6.07, 6.45) is 3.33. The molecule has 0 aliphatic carbocycles. The summed E-state index contributed by atoms with van der Waals surface area (Å²) in [4.78, 5) is 23.4. The summed E-state index contributed by atoms with van der Waals surface area (Å²) in [5.41, 5.74) is 4.08. The largest absolute Gasteiger partial charge is 0.489 e. The zero-order chi connectivity index (χ0) is 19.6. The van der Waals surface area contributed by atoms with Crippen molar-refractivity contribution < 1.29 is 19.1 Å². The third-order valence-electron chi connectivity index (χ3n) is 4.23. The van der Waals surface area contributed by atoms with Crippen molar-refractivity contribution in [2.75, 3.05) is 13.2 Å². The van der Waals surface area contributed by atoms with Crippen LogP contribution in [0, 0.1) is 0 Å². The van der Waals surface area contributed by atoms with Crippen LogP contribution in [0.5, 0.6) is 5.75 Å². The number of nitrogens with one attached hydrogen (secondary N) is 2. The molecule has 146 valence electrons. The van der Waals surface area contributed by atoms with Crippen LogP contribution in [0.2, 0.25) is 0 Å². The highest BCUT2D eigenvalue weighted by Crippen LogP contribution is 2.13. The minimum absolute atomic E-state index is 0.0112. The van der Waals surface area contributed by atoms with E-state index < -0.39 is 11.8 Å². The lowest BCUT2D eigenvalue weighted by atomic mass is 10.2. The van der Waals surface area contributed by atoms with Gasteiger partial charge in [0.2, 0.25) is 0 Å². The van der Waals surface area contributed by atoms with Gasteiger partial charge in [-0.3, -0.25) is 9.59 Å². The maximum Gasteiger partial charge on any atom is 0.329 e. The van der Waals surface area contributed by atoms with Crippen LogP contribution in [0.1, 0.15) is 24.0 Å². The zero-order valence-corrected chi connectivity index (χ0v) is 15.5. The Morgan fingerprint density at radius 3 is 2.61 bits per heavy atom. The molecule has 7 nitrogen and oxygen atoms in total. The summed E-state index contributed by atoms with van der Waals surface area (Å²) in [5, 5.41) is 6.35. The molecular weight excluding hydrogens is 358 g/mol. The van der Waals surface area contributed by atoms with Crippen molar-refractivity contribution in [1.29, 1.82) is 0 Å². The number of nitrogens with zero attached hydrogens (tertiary/aromatic N) is 1. The Morgan fingerprint density at radius 2 is 1.89 bits per heavy atom. The standard InChI is InChI=1S/C21H23N3O4/c25-20(22-14-19-7-4-12-27-19)21(26)24-23-13-16-8-10-18(11-9-16)28-15-17-5-2-1-3-6-17/h1-3,5-6,8-11,13,19H,4,7,12,14-15H2,(H,22,25)(H,24,26)/b23-13-/t19-/m0/s1. The zero-order valence-electron chi connectivity index (χ0n) is 15.5. The van der Waals surface area contributed by atoms with Crippen LogP contribution in [-0.2, 0) is 20.9 Å². The fourth-order valence-corrected chi connectivity index (χ4v) is 2.70. The predicted molar refractivity (Wildman–Crippen MR) is 105 cm³/mol. The third kappa shape index (κ3) is 6.21. The lowest BCUT2D eigenvalue weighted by Gasteiger charge is -2.09. The van der Waals surface area contributed by atoms with Crippen molar-refractivity contribution in [3.8, 4) is 5.75 Å². The second-order valence-electron chi connectivity index (χ2n) is 6.39. The second-order valence-corrected chi connectivity index (χ2v) is 6.39. The van der Waals surface area contributed by atoms with Crippen molar-refractivity contribution in [1.82, 2.24) is 10.7 Å². The maximum absolute atomic E-state index is 11.7. The van der Waals surface area contributed by atoms with Gasteiger partial charge in [-0.05, 0) is 48.2 Å². The van der Waals surface area contributed by atoms with Crippen LogP contribution < -0.4 is 15.5 Å². The molecule has 1 heterocycles. The predicted octanol–water partition coefficient (Wildman–Crippen LogP) is 2.01. The first-order valence-corrected chi connectivity index (χ1v) is 9.20. The van der Waals surface area contributed by atoms with E-state index in [2.05, 4.69) is 15.8 Å². The number of hydrogen-bond donors (Lipinski definition) is 2. The number of benzene rings is 2. The first kappa shape index (κ1) is 19.6. The number of hydrazone groups is 1. The molecular formula is C21H23N3O4. The Bertz CT molecular complexity index is 800. The lowest BCUT2D eigenvalue weighted by molar-refractivity contribution is -0.139. The molecule has 0 spiro atoms. The number of carbonyl (C=O) groups excluding carboxylic acids is 2. The van der Waals surface area contributed by atoms with Gasteiger partial charge in [0.15, 0.2) is 0 Å². The number of carbonyl (C=O) groups is 2. The van der Waals surface area contributed by atoms with E-state index in [4.69, 9.17) is 9.47 Å². The topological polar surface area (TPSA) is 89.0 Å². The van der Waals surface area contributed by atoms with E-state index >= 15 is 0 Å². The number of ether oxygens (including phenoxy) is 2. The van der Waals surface area contributed by atoms with Gasteiger partial charge >= 0.3 is 11.8 Å². The average Bonchev–Trinajstić information content (AvgIpc) is 3.26. The molecule has 2 aromatic carbocycles. The molecule has 1 aliphatic rings.